The number of hydrogen-bond donors (Lipinski definition) is 1. The van der Waals surface area contributed by atoms with Crippen LogP contribution in [-0.4, -0.2) is 38.9 Å². The normalized spacial score (nSPS) is 13.7. The molecule has 0 aromatic heterocycles. The number of carbonyl (C=O) groups is 1. The first kappa shape index (κ1) is 14.4. The van der Waals surface area contributed by atoms with Crippen molar-refractivity contribution in [2.24, 2.45) is 5.41 Å². The Hall–Kier alpha value is -0.610. The number of ether oxygens (including phenoxy) is 2. The topological polar surface area (TPSA) is 47.6 Å². The summed E-state index contributed by atoms with van der Waals surface area (Å²) in [6.07, 6.45) is 0. The van der Waals surface area contributed by atoms with E-state index in [9.17, 15) is 4.79 Å². The molecular formula is C11H23NO3. The van der Waals surface area contributed by atoms with Crippen LogP contribution in [0.25, 0.3) is 0 Å². The second kappa shape index (κ2) is 6.80. The van der Waals surface area contributed by atoms with Crippen LogP contribution >= 0.6 is 0 Å². The third kappa shape index (κ3) is 5.74. The molecule has 0 bridgehead atoms. The molecule has 0 aliphatic rings. The number of nitrogens with one attached hydrogen (secondary N) is 1. The van der Waals surface area contributed by atoms with E-state index in [0.29, 0.717) is 19.8 Å². The predicted molar refractivity (Wildman–Crippen MR) is 59.8 cm³/mol. The molecule has 1 unspecified atom stereocenters. The van der Waals surface area contributed by atoms with E-state index >= 15 is 0 Å². The summed E-state index contributed by atoms with van der Waals surface area (Å²) in [5.74, 6) is -0.196. The van der Waals surface area contributed by atoms with Gasteiger partial charge in [0.1, 0.15) is 0 Å². The van der Waals surface area contributed by atoms with E-state index in [0.717, 1.165) is 0 Å². The lowest BCUT2D eigenvalue weighted by Gasteiger charge is -2.24. The maximum Gasteiger partial charge on any atom is 0.312 e. The van der Waals surface area contributed by atoms with Gasteiger partial charge in [0.15, 0.2) is 0 Å². The van der Waals surface area contributed by atoms with Crippen LogP contribution < -0.4 is 5.32 Å². The molecular weight excluding hydrogens is 194 g/mol. The van der Waals surface area contributed by atoms with E-state index < -0.39 is 5.41 Å². The summed E-state index contributed by atoms with van der Waals surface area (Å²) in [6, 6.07) is 0.244. The number of carbonyl (C=O) groups excluding carboxylic acids is 1. The molecule has 4 heteroatoms. The van der Waals surface area contributed by atoms with E-state index in [-0.39, 0.29) is 12.0 Å². The van der Waals surface area contributed by atoms with Gasteiger partial charge in [0.2, 0.25) is 0 Å². The minimum Gasteiger partial charge on any atom is -0.469 e. The van der Waals surface area contributed by atoms with Crippen molar-refractivity contribution >= 4 is 5.97 Å². The molecule has 0 saturated carbocycles. The minimum atomic E-state index is -0.491. The summed E-state index contributed by atoms with van der Waals surface area (Å²) in [6.45, 7) is 9.68. The quantitative estimate of drug-likeness (QED) is 0.651. The maximum atomic E-state index is 11.4. The summed E-state index contributed by atoms with van der Waals surface area (Å²) in [7, 11) is 1.41. The Balaban J connectivity index is 3.87. The SMILES string of the molecule is CCOCC(C)NCC(C)(C)C(=O)OC. The summed E-state index contributed by atoms with van der Waals surface area (Å²) in [4.78, 5) is 11.4. The zero-order valence-corrected chi connectivity index (χ0v) is 10.4. The average Bonchev–Trinajstić information content (AvgIpc) is 2.22. The molecule has 0 heterocycles. The zero-order valence-electron chi connectivity index (χ0n) is 10.4. The van der Waals surface area contributed by atoms with Gasteiger partial charge in [-0.2, -0.15) is 0 Å². The highest BCUT2D eigenvalue weighted by Gasteiger charge is 2.28. The van der Waals surface area contributed by atoms with Gasteiger partial charge in [-0.1, -0.05) is 0 Å². The Kier molecular flexibility index (Phi) is 6.52. The minimum absolute atomic E-state index is 0.196. The third-order valence-electron chi connectivity index (χ3n) is 2.20. The van der Waals surface area contributed by atoms with Gasteiger partial charge in [-0.05, 0) is 27.7 Å². The second-order valence-electron chi connectivity index (χ2n) is 4.32. The number of esters is 1. The summed E-state index contributed by atoms with van der Waals surface area (Å²) >= 11 is 0. The van der Waals surface area contributed by atoms with E-state index in [2.05, 4.69) is 5.32 Å². The fraction of sp³-hybridized carbons (Fsp3) is 0.909. The molecule has 0 rings (SSSR count). The van der Waals surface area contributed by atoms with Gasteiger partial charge < -0.3 is 14.8 Å². The van der Waals surface area contributed by atoms with Gasteiger partial charge in [0.25, 0.3) is 0 Å². The van der Waals surface area contributed by atoms with Crippen LogP contribution in [-0.2, 0) is 14.3 Å². The van der Waals surface area contributed by atoms with Gasteiger partial charge in [0, 0.05) is 19.2 Å². The molecule has 15 heavy (non-hydrogen) atoms. The van der Waals surface area contributed by atoms with Crippen molar-refractivity contribution in [3.63, 3.8) is 0 Å². The van der Waals surface area contributed by atoms with E-state index in [1.165, 1.54) is 7.11 Å². The Labute approximate surface area is 92.3 Å². The standard InChI is InChI=1S/C11H23NO3/c1-6-15-7-9(2)12-8-11(3,4)10(13)14-5/h9,12H,6-8H2,1-5H3. The average molecular weight is 217 g/mol. The Morgan fingerprint density at radius 2 is 2.07 bits per heavy atom. The molecule has 1 atom stereocenters. The number of methoxy groups -OCH3 is 1. The van der Waals surface area contributed by atoms with Gasteiger partial charge in [-0.15, -0.1) is 0 Å². The summed E-state index contributed by atoms with van der Waals surface area (Å²) in [5, 5.41) is 3.25. The van der Waals surface area contributed by atoms with Crippen molar-refractivity contribution in [3.8, 4) is 0 Å². The molecule has 0 aromatic rings. The molecule has 0 amide bonds. The predicted octanol–water partition coefficient (Wildman–Crippen LogP) is 1.20. The van der Waals surface area contributed by atoms with Crippen LogP contribution in [0, 0.1) is 5.41 Å². The molecule has 0 saturated heterocycles. The van der Waals surface area contributed by atoms with Crippen molar-refractivity contribution in [2.75, 3.05) is 26.9 Å². The molecule has 1 N–H and O–H groups in total. The monoisotopic (exact) mass is 217 g/mol. The van der Waals surface area contributed by atoms with Crippen LogP contribution in [0.2, 0.25) is 0 Å². The Morgan fingerprint density at radius 3 is 2.53 bits per heavy atom. The van der Waals surface area contributed by atoms with Crippen molar-refractivity contribution < 1.29 is 14.3 Å². The lowest BCUT2D eigenvalue weighted by Crippen LogP contribution is -2.42. The first-order valence-corrected chi connectivity index (χ1v) is 5.33. The van der Waals surface area contributed by atoms with Crippen molar-refractivity contribution in [2.45, 2.75) is 33.7 Å². The van der Waals surface area contributed by atoms with Gasteiger partial charge in [-0.25, -0.2) is 0 Å². The Bertz CT molecular complexity index is 192. The highest BCUT2D eigenvalue weighted by molar-refractivity contribution is 5.76. The van der Waals surface area contributed by atoms with Gasteiger partial charge >= 0.3 is 5.97 Å². The molecule has 0 aliphatic heterocycles. The molecule has 0 spiro atoms. The molecule has 4 nitrogen and oxygen atoms in total. The maximum absolute atomic E-state index is 11.4. The van der Waals surface area contributed by atoms with Crippen molar-refractivity contribution in [3.05, 3.63) is 0 Å². The van der Waals surface area contributed by atoms with Crippen molar-refractivity contribution in [1.29, 1.82) is 0 Å². The fourth-order valence-corrected chi connectivity index (χ4v) is 1.13. The van der Waals surface area contributed by atoms with E-state index in [1.807, 2.05) is 27.7 Å². The zero-order chi connectivity index (χ0) is 11.9. The molecule has 90 valence electrons. The van der Waals surface area contributed by atoms with Crippen LogP contribution in [0.3, 0.4) is 0 Å². The highest BCUT2D eigenvalue weighted by atomic mass is 16.5. The second-order valence-corrected chi connectivity index (χ2v) is 4.32. The summed E-state index contributed by atoms with van der Waals surface area (Å²) < 4.78 is 9.99. The largest absolute Gasteiger partial charge is 0.469 e. The first-order chi connectivity index (χ1) is 6.94. The van der Waals surface area contributed by atoms with E-state index in [4.69, 9.17) is 9.47 Å². The lowest BCUT2D eigenvalue weighted by molar-refractivity contribution is -0.150. The van der Waals surface area contributed by atoms with E-state index in [1.54, 1.807) is 0 Å². The molecule has 0 aliphatic carbocycles. The molecule has 0 aromatic carbocycles. The van der Waals surface area contributed by atoms with Crippen LogP contribution in [0.5, 0.6) is 0 Å². The van der Waals surface area contributed by atoms with Gasteiger partial charge in [-0.3, -0.25) is 4.79 Å². The third-order valence-corrected chi connectivity index (χ3v) is 2.20. The molecule has 0 radical (unpaired) electrons. The fourth-order valence-electron chi connectivity index (χ4n) is 1.13. The lowest BCUT2D eigenvalue weighted by atomic mass is 9.93. The Morgan fingerprint density at radius 1 is 1.47 bits per heavy atom. The number of rotatable bonds is 7. The van der Waals surface area contributed by atoms with Crippen LogP contribution in [0.15, 0.2) is 0 Å². The van der Waals surface area contributed by atoms with Crippen LogP contribution in [0.1, 0.15) is 27.7 Å². The van der Waals surface area contributed by atoms with Crippen molar-refractivity contribution in [1.82, 2.24) is 5.32 Å². The summed E-state index contributed by atoms with van der Waals surface area (Å²) in [5.41, 5.74) is -0.491. The van der Waals surface area contributed by atoms with Crippen LogP contribution in [0.4, 0.5) is 0 Å². The highest BCUT2D eigenvalue weighted by Crippen LogP contribution is 2.15. The first-order valence-electron chi connectivity index (χ1n) is 5.33. The smallest absolute Gasteiger partial charge is 0.312 e. The molecule has 0 fully saturated rings. The van der Waals surface area contributed by atoms with Gasteiger partial charge in [0.05, 0.1) is 19.1 Å². The number of hydrogen-bond acceptors (Lipinski definition) is 4.